The molecule has 20 heavy (non-hydrogen) atoms. The maximum absolute atomic E-state index is 11.0. The van der Waals surface area contributed by atoms with E-state index in [-0.39, 0.29) is 0 Å². The summed E-state index contributed by atoms with van der Waals surface area (Å²) in [5, 5.41) is 8.85. The van der Waals surface area contributed by atoms with Crippen LogP contribution in [0.4, 0.5) is 0 Å². The van der Waals surface area contributed by atoms with Gasteiger partial charge in [0.15, 0.2) is 17.8 Å². The molecule has 0 atom stereocenters. The van der Waals surface area contributed by atoms with Gasteiger partial charge < -0.3 is 9.47 Å². The SMILES string of the molecule is COc1cc(C#N)ccc1Oc1ccc(Br)cc1C=O. The van der Waals surface area contributed by atoms with Crippen LogP contribution in [0.1, 0.15) is 15.9 Å². The van der Waals surface area contributed by atoms with Gasteiger partial charge in [-0.25, -0.2) is 0 Å². The Morgan fingerprint density at radius 3 is 2.55 bits per heavy atom. The molecular formula is C15H10BrNO3. The van der Waals surface area contributed by atoms with E-state index in [1.807, 2.05) is 6.07 Å². The van der Waals surface area contributed by atoms with Crippen molar-refractivity contribution in [1.29, 1.82) is 5.26 Å². The van der Waals surface area contributed by atoms with Crippen molar-refractivity contribution in [2.24, 2.45) is 0 Å². The number of carbonyl (C=O) groups excluding carboxylic acids is 1. The molecular weight excluding hydrogens is 322 g/mol. The molecule has 0 aliphatic rings. The number of rotatable bonds is 4. The lowest BCUT2D eigenvalue weighted by Gasteiger charge is -2.12. The Kier molecular flexibility index (Phi) is 4.38. The van der Waals surface area contributed by atoms with Gasteiger partial charge in [0.1, 0.15) is 5.75 Å². The van der Waals surface area contributed by atoms with Crippen LogP contribution in [0.3, 0.4) is 0 Å². The Morgan fingerprint density at radius 2 is 1.90 bits per heavy atom. The van der Waals surface area contributed by atoms with Crippen LogP contribution < -0.4 is 9.47 Å². The third kappa shape index (κ3) is 2.98. The quantitative estimate of drug-likeness (QED) is 0.796. The molecule has 2 aromatic rings. The number of methoxy groups -OCH3 is 1. The number of aldehydes is 1. The highest BCUT2D eigenvalue weighted by Crippen LogP contribution is 2.34. The zero-order chi connectivity index (χ0) is 14.5. The van der Waals surface area contributed by atoms with E-state index >= 15 is 0 Å². The average Bonchev–Trinajstić information content (AvgIpc) is 2.49. The Balaban J connectivity index is 2.40. The van der Waals surface area contributed by atoms with Gasteiger partial charge in [0.2, 0.25) is 0 Å². The Morgan fingerprint density at radius 1 is 1.15 bits per heavy atom. The van der Waals surface area contributed by atoms with Gasteiger partial charge in [-0.2, -0.15) is 5.26 Å². The normalized spacial score (nSPS) is 9.65. The average molecular weight is 332 g/mol. The van der Waals surface area contributed by atoms with E-state index in [2.05, 4.69) is 15.9 Å². The highest BCUT2D eigenvalue weighted by atomic mass is 79.9. The first kappa shape index (κ1) is 14.1. The number of halogens is 1. The molecule has 0 unspecified atom stereocenters. The maximum atomic E-state index is 11.0. The molecule has 0 aliphatic heterocycles. The zero-order valence-corrected chi connectivity index (χ0v) is 12.2. The van der Waals surface area contributed by atoms with Crippen LogP contribution in [0.15, 0.2) is 40.9 Å². The number of nitriles is 1. The van der Waals surface area contributed by atoms with Crippen molar-refractivity contribution in [3.8, 4) is 23.3 Å². The number of benzene rings is 2. The largest absolute Gasteiger partial charge is 0.493 e. The lowest BCUT2D eigenvalue weighted by Crippen LogP contribution is -1.94. The van der Waals surface area contributed by atoms with Crippen molar-refractivity contribution >= 4 is 22.2 Å². The minimum Gasteiger partial charge on any atom is -0.493 e. The molecule has 4 nitrogen and oxygen atoms in total. The van der Waals surface area contributed by atoms with Crippen LogP contribution in [0.2, 0.25) is 0 Å². The summed E-state index contributed by atoms with van der Waals surface area (Å²) in [6, 6.07) is 12.0. The van der Waals surface area contributed by atoms with E-state index in [1.54, 1.807) is 36.4 Å². The van der Waals surface area contributed by atoms with E-state index in [1.165, 1.54) is 7.11 Å². The number of hydrogen-bond donors (Lipinski definition) is 0. The summed E-state index contributed by atoms with van der Waals surface area (Å²) in [5.41, 5.74) is 0.895. The molecule has 0 radical (unpaired) electrons. The lowest BCUT2D eigenvalue weighted by molar-refractivity contribution is 0.112. The highest BCUT2D eigenvalue weighted by Gasteiger charge is 2.10. The molecule has 0 saturated carbocycles. The maximum Gasteiger partial charge on any atom is 0.169 e. The fourth-order valence-electron chi connectivity index (χ4n) is 1.64. The Hall–Kier alpha value is -2.32. The molecule has 2 rings (SSSR count). The first-order valence-corrected chi connectivity index (χ1v) is 6.48. The highest BCUT2D eigenvalue weighted by molar-refractivity contribution is 9.10. The van der Waals surface area contributed by atoms with Crippen molar-refractivity contribution in [1.82, 2.24) is 0 Å². The van der Waals surface area contributed by atoms with Gasteiger partial charge in [-0.1, -0.05) is 15.9 Å². The zero-order valence-electron chi connectivity index (χ0n) is 10.6. The number of ether oxygens (including phenoxy) is 2. The first-order valence-electron chi connectivity index (χ1n) is 5.68. The van der Waals surface area contributed by atoms with E-state index in [9.17, 15) is 4.79 Å². The Labute approximate surface area is 124 Å². The lowest BCUT2D eigenvalue weighted by atomic mass is 10.2. The smallest absolute Gasteiger partial charge is 0.169 e. The Bertz CT molecular complexity index is 692. The summed E-state index contributed by atoms with van der Waals surface area (Å²) in [6.07, 6.45) is 0.718. The summed E-state index contributed by atoms with van der Waals surface area (Å²) in [4.78, 5) is 11.0. The van der Waals surface area contributed by atoms with E-state index in [4.69, 9.17) is 14.7 Å². The third-order valence-electron chi connectivity index (χ3n) is 2.61. The summed E-state index contributed by atoms with van der Waals surface area (Å²) >= 11 is 3.29. The van der Waals surface area contributed by atoms with Crippen molar-refractivity contribution in [2.45, 2.75) is 0 Å². The monoisotopic (exact) mass is 331 g/mol. The van der Waals surface area contributed by atoms with E-state index in [0.29, 0.717) is 28.4 Å². The summed E-state index contributed by atoms with van der Waals surface area (Å²) in [6.45, 7) is 0. The minimum atomic E-state index is 0.422. The second-order valence-corrected chi connectivity index (χ2v) is 4.80. The van der Waals surface area contributed by atoms with Gasteiger partial charge in [0.05, 0.1) is 24.3 Å². The predicted octanol–water partition coefficient (Wildman–Crippen LogP) is 3.93. The standard InChI is InChI=1S/C15H10BrNO3/c1-19-15-6-10(8-17)2-4-14(15)20-13-5-3-12(16)7-11(13)9-18/h2-7,9H,1H3. The van der Waals surface area contributed by atoms with Crippen LogP contribution >= 0.6 is 15.9 Å². The van der Waals surface area contributed by atoms with Crippen LogP contribution in [-0.4, -0.2) is 13.4 Å². The van der Waals surface area contributed by atoms with Crippen LogP contribution in [0, 0.1) is 11.3 Å². The molecule has 0 amide bonds. The molecule has 0 N–H and O–H groups in total. The van der Waals surface area contributed by atoms with Crippen molar-refractivity contribution in [3.63, 3.8) is 0 Å². The molecule has 0 aliphatic carbocycles. The molecule has 5 heteroatoms. The summed E-state index contributed by atoms with van der Waals surface area (Å²) in [7, 11) is 1.49. The number of carbonyl (C=O) groups is 1. The van der Waals surface area contributed by atoms with Crippen molar-refractivity contribution < 1.29 is 14.3 Å². The van der Waals surface area contributed by atoms with Crippen LogP contribution in [0.25, 0.3) is 0 Å². The molecule has 0 fully saturated rings. The van der Waals surface area contributed by atoms with Crippen molar-refractivity contribution in [2.75, 3.05) is 7.11 Å². The first-order chi connectivity index (χ1) is 9.67. The molecule has 0 spiro atoms. The minimum absolute atomic E-state index is 0.422. The van der Waals surface area contributed by atoms with Crippen molar-refractivity contribution in [3.05, 3.63) is 52.0 Å². The number of nitrogens with zero attached hydrogens (tertiary/aromatic N) is 1. The van der Waals surface area contributed by atoms with E-state index < -0.39 is 0 Å². The van der Waals surface area contributed by atoms with Gasteiger partial charge in [-0.05, 0) is 30.3 Å². The molecule has 0 saturated heterocycles. The van der Waals surface area contributed by atoms with Gasteiger partial charge in [0, 0.05) is 10.5 Å². The second-order valence-electron chi connectivity index (χ2n) is 3.88. The van der Waals surface area contributed by atoms with Gasteiger partial charge in [-0.15, -0.1) is 0 Å². The predicted molar refractivity (Wildman–Crippen MR) is 77.3 cm³/mol. The topological polar surface area (TPSA) is 59.3 Å². The van der Waals surface area contributed by atoms with Crippen LogP contribution in [0.5, 0.6) is 17.2 Å². The molecule has 100 valence electrons. The molecule has 0 aromatic heterocycles. The summed E-state index contributed by atoms with van der Waals surface area (Å²) < 4.78 is 11.7. The fourth-order valence-corrected chi connectivity index (χ4v) is 2.02. The van der Waals surface area contributed by atoms with E-state index in [0.717, 1.165) is 10.8 Å². The van der Waals surface area contributed by atoms with Crippen LogP contribution in [-0.2, 0) is 0 Å². The summed E-state index contributed by atoms with van der Waals surface area (Å²) in [5.74, 6) is 1.30. The van der Waals surface area contributed by atoms with Gasteiger partial charge in [-0.3, -0.25) is 4.79 Å². The fraction of sp³-hybridized carbons (Fsp3) is 0.0667. The molecule has 0 bridgehead atoms. The van der Waals surface area contributed by atoms with Gasteiger partial charge in [0.25, 0.3) is 0 Å². The third-order valence-corrected chi connectivity index (χ3v) is 3.10. The number of hydrogen-bond acceptors (Lipinski definition) is 4. The second kappa shape index (κ2) is 6.22. The van der Waals surface area contributed by atoms with Gasteiger partial charge >= 0.3 is 0 Å². The molecule has 0 heterocycles. The molecule has 2 aromatic carbocycles.